The molecule has 0 aliphatic rings. The summed E-state index contributed by atoms with van der Waals surface area (Å²) in [6.45, 7) is 0.0708. The molecular formula is C26H19BrFNO3. The normalized spacial score (nSPS) is 10.6. The van der Waals surface area contributed by atoms with Crippen molar-refractivity contribution < 1.29 is 19.0 Å². The Bertz CT molecular complexity index is 1240. The molecule has 0 atom stereocenters. The third-order valence-electron chi connectivity index (χ3n) is 4.87. The zero-order chi connectivity index (χ0) is 22.5. The lowest BCUT2D eigenvalue weighted by Crippen LogP contribution is -2.11. The molecule has 4 rings (SSSR count). The van der Waals surface area contributed by atoms with Gasteiger partial charge in [0.15, 0.2) is 0 Å². The summed E-state index contributed by atoms with van der Waals surface area (Å²) in [5.41, 5.74) is 3.40. The van der Waals surface area contributed by atoms with E-state index in [1.165, 1.54) is 0 Å². The van der Waals surface area contributed by atoms with Gasteiger partial charge in [0.1, 0.15) is 23.9 Å². The molecule has 0 unspecified atom stereocenters. The van der Waals surface area contributed by atoms with Crippen LogP contribution in [0.25, 0.3) is 11.1 Å². The number of amides is 1. The molecule has 6 heteroatoms. The van der Waals surface area contributed by atoms with Crippen molar-refractivity contribution in [1.29, 1.82) is 0 Å². The zero-order valence-corrected chi connectivity index (χ0v) is 18.5. The fourth-order valence-corrected chi connectivity index (χ4v) is 3.56. The van der Waals surface area contributed by atoms with Gasteiger partial charge in [0, 0.05) is 22.9 Å². The highest BCUT2D eigenvalue weighted by Gasteiger charge is 2.09. The lowest BCUT2D eigenvalue weighted by atomic mass is 10.0. The number of carbonyl (C=O) groups is 1. The third kappa shape index (κ3) is 5.15. The fourth-order valence-electron chi connectivity index (χ4n) is 3.16. The van der Waals surface area contributed by atoms with Crippen LogP contribution in [0.1, 0.15) is 15.9 Å². The van der Waals surface area contributed by atoms with Crippen LogP contribution in [0.4, 0.5) is 10.1 Å². The van der Waals surface area contributed by atoms with Crippen molar-refractivity contribution in [3.8, 4) is 22.6 Å². The van der Waals surface area contributed by atoms with E-state index in [4.69, 9.17) is 4.74 Å². The molecule has 4 aromatic rings. The number of ether oxygens (including phenoxy) is 1. The van der Waals surface area contributed by atoms with Crippen molar-refractivity contribution in [3.05, 3.63) is 112 Å². The maximum atomic E-state index is 14.1. The van der Waals surface area contributed by atoms with Crippen LogP contribution in [-0.4, -0.2) is 11.0 Å². The molecule has 0 aliphatic carbocycles. The van der Waals surface area contributed by atoms with Gasteiger partial charge < -0.3 is 15.2 Å². The number of phenols is 1. The molecule has 0 radical (unpaired) electrons. The van der Waals surface area contributed by atoms with Crippen LogP contribution in [0.2, 0.25) is 0 Å². The standard InChI is InChI=1S/C26H19BrFNO3/c27-24-6-1-3-20(25(24)28)16-32-23-5-2-4-21(15-23)29-26(31)19-9-7-17(8-10-19)18-11-13-22(30)14-12-18/h1-15,30H,16H2,(H,29,31). The van der Waals surface area contributed by atoms with Gasteiger partial charge >= 0.3 is 0 Å². The number of aromatic hydroxyl groups is 1. The predicted octanol–water partition coefficient (Wildman–Crippen LogP) is 6.79. The van der Waals surface area contributed by atoms with Gasteiger partial charge in [-0.1, -0.05) is 42.5 Å². The molecule has 4 aromatic carbocycles. The van der Waals surface area contributed by atoms with Gasteiger partial charge in [-0.2, -0.15) is 0 Å². The van der Waals surface area contributed by atoms with Crippen LogP contribution in [0, 0.1) is 5.82 Å². The van der Waals surface area contributed by atoms with E-state index in [-0.39, 0.29) is 24.1 Å². The van der Waals surface area contributed by atoms with Crippen molar-refractivity contribution in [2.24, 2.45) is 0 Å². The van der Waals surface area contributed by atoms with Crippen LogP contribution in [-0.2, 0) is 6.61 Å². The van der Waals surface area contributed by atoms with E-state index in [1.807, 2.05) is 24.3 Å². The van der Waals surface area contributed by atoms with Crippen LogP contribution in [0.15, 0.2) is 95.5 Å². The second kappa shape index (κ2) is 9.66. The number of hydrogen-bond donors (Lipinski definition) is 2. The Morgan fingerprint density at radius 3 is 2.28 bits per heavy atom. The van der Waals surface area contributed by atoms with Crippen molar-refractivity contribution >= 4 is 27.5 Å². The summed E-state index contributed by atoms with van der Waals surface area (Å²) in [5.74, 6) is 0.118. The summed E-state index contributed by atoms with van der Waals surface area (Å²) >= 11 is 3.17. The number of rotatable bonds is 6. The number of nitrogens with one attached hydrogen (secondary N) is 1. The van der Waals surface area contributed by atoms with E-state index in [1.54, 1.807) is 66.7 Å². The second-order valence-corrected chi connectivity index (χ2v) is 7.96. The number of carbonyl (C=O) groups excluding carboxylic acids is 1. The average Bonchev–Trinajstić information content (AvgIpc) is 2.81. The highest BCUT2D eigenvalue weighted by Crippen LogP contribution is 2.24. The molecule has 4 nitrogen and oxygen atoms in total. The summed E-state index contributed by atoms with van der Waals surface area (Å²) < 4.78 is 20.2. The Labute approximate surface area is 193 Å². The van der Waals surface area contributed by atoms with Crippen LogP contribution >= 0.6 is 15.9 Å². The first-order valence-electron chi connectivity index (χ1n) is 9.86. The summed E-state index contributed by atoms with van der Waals surface area (Å²) in [5, 5.41) is 12.3. The zero-order valence-electron chi connectivity index (χ0n) is 16.9. The minimum absolute atomic E-state index is 0.0708. The van der Waals surface area contributed by atoms with E-state index in [9.17, 15) is 14.3 Å². The molecule has 0 fully saturated rings. The molecule has 0 saturated heterocycles. The Morgan fingerprint density at radius 1 is 0.906 bits per heavy atom. The van der Waals surface area contributed by atoms with Crippen molar-refractivity contribution in [1.82, 2.24) is 0 Å². The predicted molar refractivity (Wildman–Crippen MR) is 126 cm³/mol. The molecule has 160 valence electrons. The first kappa shape index (κ1) is 21.6. The summed E-state index contributed by atoms with van der Waals surface area (Å²) in [6, 6.07) is 26.1. The van der Waals surface area contributed by atoms with E-state index in [0.717, 1.165) is 11.1 Å². The van der Waals surface area contributed by atoms with Gasteiger partial charge in [0.2, 0.25) is 0 Å². The monoisotopic (exact) mass is 491 g/mol. The highest BCUT2D eigenvalue weighted by atomic mass is 79.9. The third-order valence-corrected chi connectivity index (χ3v) is 5.48. The van der Waals surface area contributed by atoms with Gasteiger partial charge in [0.05, 0.1) is 4.47 Å². The lowest BCUT2D eigenvalue weighted by Gasteiger charge is -2.11. The largest absolute Gasteiger partial charge is 0.508 e. The Balaban J connectivity index is 1.41. The first-order valence-corrected chi connectivity index (χ1v) is 10.7. The van der Waals surface area contributed by atoms with Crippen molar-refractivity contribution in [2.75, 3.05) is 5.32 Å². The molecule has 0 aromatic heterocycles. The summed E-state index contributed by atoms with van der Waals surface area (Å²) in [6.07, 6.45) is 0. The van der Waals surface area contributed by atoms with Gasteiger partial charge in [-0.15, -0.1) is 0 Å². The Hall–Kier alpha value is -3.64. The molecule has 0 heterocycles. The Kier molecular flexibility index (Phi) is 6.52. The molecule has 1 amide bonds. The first-order chi connectivity index (χ1) is 15.5. The maximum Gasteiger partial charge on any atom is 0.255 e. The quantitative estimate of drug-likeness (QED) is 0.312. The average molecular weight is 492 g/mol. The van der Waals surface area contributed by atoms with Gasteiger partial charge in [-0.3, -0.25) is 4.79 Å². The summed E-state index contributed by atoms with van der Waals surface area (Å²) in [7, 11) is 0. The lowest BCUT2D eigenvalue weighted by molar-refractivity contribution is 0.102. The maximum absolute atomic E-state index is 14.1. The summed E-state index contributed by atoms with van der Waals surface area (Å²) in [4.78, 5) is 12.6. The minimum atomic E-state index is -0.354. The van der Waals surface area contributed by atoms with E-state index in [0.29, 0.717) is 27.0 Å². The van der Waals surface area contributed by atoms with E-state index in [2.05, 4.69) is 21.2 Å². The molecule has 32 heavy (non-hydrogen) atoms. The number of benzene rings is 4. The molecule has 2 N–H and O–H groups in total. The van der Waals surface area contributed by atoms with Gasteiger partial charge in [-0.05, 0) is 69.5 Å². The van der Waals surface area contributed by atoms with Gasteiger partial charge in [-0.25, -0.2) is 4.39 Å². The number of halogens is 2. The molecule has 0 saturated carbocycles. The molecule has 0 aliphatic heterocycles. The van der Waals surface area contributed by atoms with E-state index >= 15 is 0 Å². The number of anilines is 1. The van der Waals surface area contributed by atoms with Crippen LogP contribution in [0.3, 0.4) is 0 Å². The number of phenolic OH excluding ortho intramolecular Hbond substituents is 1. The van der Waals surface area contributed by atoms with Crippen LogP contribution in [0.5, 0.6) is 11.5 Å². The minimum Gasteiger partial charge on any atom is -0.508 e. The van der Waals surface area contributed by atoms with Gasteiger partial charge in [0.25, 0.3) is 5.91 Å². The molecular weight excluding hydrogens is 473 g/mol. The van der Waals surface area contributed by atoms with E-state index < -0.39 is 0 Å². The molecule has 0 bridgehead atoms. The smallest absolute Gasteiger partial charge is 0.255 e. The number of hydrogen-bond acceptors (Lipinski definition) is 3. The SMILES string of the molecule is O=C(Nc1cccc(OCc2cccc(Br)c2F)c1)c1ccc(-c2ccc(O)cc2)cc1. The van der Waals surface area contributed by atoms with Crippen molar-refractivity contribution in [3.63, 3.8) is 0 Å². The fraction of sp³-hybridized carbons (Fsp3) is 0.0385. The van der Waals surface area contributed by atoms with Crippen molar-refractivity contribution in [2.45, 2.75) is 6.61 Å². The second-order valence-electron chi connectivity index (χ2n) is 7.11. The topological polar surface area (TPSA) is 58.6 Å². The van der Waals surface area contributed by atoms with Crippen LogP contribution < -0.4 is 10.1 Å². The molecule has 0 spiro atoms. The highest BCUT2D eigenvalue weighted by molar-refractivity contribution is 9.10. The Morgan fingerprint density at radius 2 is 1.56 bits per heavy atom.